The molecule has 2 heterocycles. The number of aryl methyl sites for hydroxylation is 2. The number of carbonyl (C=O) groups excluding carboxylic acids is 1. The van der Waals surface area contributed by atoms with Gasteiger partial charge in [-0.3, -0.25) is 4.79 Å². The highest BCUT2D eigenvalue weighted by Crippen LogP contribution is 2.26. The van der Waals surface area contributed by atoms with Crippen LogP contribution in [0.5, 0.6) is 0 Å². The molecule has 0 fully saturated rings. The Balaban J connectivity index is 1.66. The van der Waals surface area contributed by atoms with Crippen LogP contribution < -0.4 is 5.56 Å². The van der Waals surface area contributed by atoms with E-state index in [0.29, 0.717) is 33.8 Å². The van der Waals surface area contributed by atoms with Gasteiger partial charge >= 0.3 is 5.97 Å². The highest BCUT2D eigenvalue weighted by Gasteiger charge is 2.12. The van der Waals surface area contributed by atoms with E-state index in [9.17, 15) is 9.59 Å². The molecule has 8 heteroatoms. The first-order chi connectivity index (χ1) is 14.9. The average molecular weight is 480 g/mol. The highest BCUT2D eigenvalue weighted by atomic mass is 79.9. The van der Waals surface area contributed by atoms with E-state index in [1.165, 1.54) is 18.0 Å². The Bertz CT molecular complexity index is 1400. The molecule has 2 aromatic heterocycles. The number of furan rings is 1. The van der Waals surface area contributed by atoms with Crippen molar-refractivity contribution in [3.05, 3.63) is 86.1 Å². The summed E-state index contributed by atoms with van der Waals surface area (Å²) >= 11 is 3.38. The zero-order chi connectivity index (χ0) is 22.1. The summed E-state index contributed by atoms with van der Waals surface area (Å²) in [6.07, 6.45) is 1.47. The number of rotatable bonds is 4. The molecule has 0 spiro atoms. The van der Waals surface area contributed by atoms with Gasteiger partial charge in [-0.15, -0.1) is 0 Å². The maximum Gasteiger partial charge on any atom is 0.337 e. The van der Waals surface area contributed by atoms with Crippen molar-refractivity contribution in [1.82, 2.24) is 9.66 Å². The molecule has 0 amide bonds. The molecular formula is C23H18BrN3O4. The standard InChI is InChI=1S/C23H18BrN3O4/c1-13-10-15(23(29)30-3)4-7-18(13)21-9-6-17(31-21)12-25-27-14(2)26-20-8-5-16(24)11-19(20)22(27)28/h4-12H,1-3H3. The smallest absolute Gasteiger partial charge is 0.337 e. The normalized spacial score (nSPS) is 11.4. The monoisotopic (exact) mass is 479 g/mol. The first-order valence-electron chi connectivity index (χ1n) is 9.40. The van der Waals surface area contributed by atoms with Crippen LogP contribution >= 0.6 is 15.9 Å². The van der Waals surface area contributed by atoms with E-state index in [0.717, 1.165) is 15.6 Å². The third-order valence-electron chi connectivity index (χ3n) is 4.81. The molecule has 0 aliphatic heterocycles. The number of nitrogens with zero attached hydrogens (tertiary/aromatic N) is 3. The van der Waals surface area contributed by atoms with Gasteiger partial charge in [-0.25, -0.2) is 9.78 Å². The van der Waals surface area contributed by atoms with E-state index in [1.807, 2.05) is 19.1 Å². The summed E-state index contributed by atoms with van der Waals surface area (Å²) in [6.45, 7) is 3.61. The Labute approximate surface area is 186 Å². The fraction of sp³-hybridized carbons (Fsp3) is 0.130. The fourth-order valence-electron chi connectivity index (χ4n) is 3.26. The first kappa shape index (κ1) is 20.7. The average Bonchev–Trinajstić information content (AvgIpc) is 3.22. The molecular weight excluding hydrogens is 462 g/mol. The van der Waals surface area contributed by atoms with E-state index in [1.54, 1.807) is 43.3 Å². The molecule has 7 nitrogen and oxygen atoms in total. The molecule has 4 aromatic rings. The fourth-order valence-corrected chi connectivity index (χ4v) is 3.62. The van der Waals surface area contributed by atoms with Gasteiger partial charge in [0.05, 0.1) is 29.8 Å². The number of halogens is 1. The second-order valence-corrected chi connectivity index (χ2v) is 7.82. The third-order valence-corrected chi connectivity index (χ3v) is 5.30. The van der Waals surface area contributed by atoms with E-state index in [-0.39, 0.29) is 5.56 Å². The summed E-state index contributed by atoms with van der Waals surface area (Å²) in [5, 5.41) is 4.75. The van der Waals surface area contributed by atoms with Gasteiger partial charge in [-0.2, -0.15) is 9.78 Å². The van der Waals surface area contributed by atoms with Crippen molar-refractivity contribution in [3.8, 4) is 11.3 Å². The Morgan fingerprint density at radius 3 is 2.71 bits per heavy atom. The van der Waals surface area contributed by atoms with E-state index in [4.69, 9.17) is 9.15 Å². The number of fused-ring (bicyclic) bond motifs is 1. The molecule has 0 aliphatic carbocycles. The molecule has 0 N–H and O–H groups in total. The van der Waals surface area contributed by atoms with Crippen LogP contribution in [0.15, 0.2) is 67.3 Å². The molecule has 0 unspecified atom stereocenters. The van der Waals surface area contributed by atoms with Crippen LogP contribution in [0.2, 0.25) is 0 Å². The molecule has 0 bridgehead atoms. The van der Waals surface area contributed by atoms with Crippen LogP contribution in [-0.4, -0.2) is 29.0 Å². The summed E-state index contributed by atoms with van der Waals surface area (Å²) < 4.78 is 12.7. The minimum atomic E-state index is -0.390. The summed E-state index contributed by atoms with van der Waals surface area (Å²) in [7, 11) is 1.35. The zero-order valence-corrected chi connectivity index (χ0v) is 18.6. The van der Waals surface area contributed by atoms with Crippen molar-refractivity contribution in [2.24, 2.45) is 5.10 Å². The van der Waals surface area contributed by atoms with Gasteiger partial charge in [0.15, 0.2) is 0 Å². The largest absolute Gasteiger partial charge is 0.465 e. The minimum Gasteiger partial charge on any atom is -0.465 e. The number of hydrogen-bond acceptors (Lipinski definition) is 6. The van der Waals surface area contributed by atoms with Crippen LogP contribution in [0.4, 0.5) is 0 Å². The predicted molar refractivity (Wildman–Crippen MR) is 122 cm³/mol. The van der Waals surface area contributed by atoms with E-state index >= 15 is 0 Å². The molecule has 0 radical (unpaired) electrons. The van der Waals surface area contributed by atoms with Crippen molar-refractivity contribution in [1.29, 1.82) is 0 Å². The Morgan fingerprint density at radius 1 is 1.16 bits per heavy atom. The molecule has 2 aromatic carbocycles. The second-order valence-electron chi connectivity index (χ2n) is 6.91. The number of methoxy groups -OCH3 is 1. The van der Waals surface area contributed by atoms with E-state index in [2.05, 4.69) is 26.0 Å². The Hall–Kier alpha value is -3.52. The number of hydrogen-bond donors (Lipinski definition) is 0. The van der Waals surface area contributed by atoms with Gasteiger partial charge in [0, 0.05) is 10.0 Å². The van der Waals surface area contributed by atoms with Crippen molar-refractivity contribution in [2.75, 3.05) is 7.11 Å². The third kappa shape index (κ3) is 4.06. The number of aromatic nitrogens is 2. The summed E-state index contributed by atoms with van der Waals surface area (Å²) in [6, 6.07) is 14.2. The minimum absolute atomic E-state index is 0.263. The number of esters is 1. The molecule has 0 saturated heterocycles. The van der Waals surface area contributed by atoms with Crippen LogP contribution in [0, 0.1) is 13.8 Å². The summed E-state index contributed by atoms with van der Waals surface area (Å²) in [5.74, 6) is 1.18. The van der Waals surface area contributed by atoms with Gasteiger partial charge in [-0.05, 0) is 61.9 Å². The van der Waals surface area contributed by atoms with Crippen molar-refractivity contribution < 1.29 is 13.9 Å². The van der Waals surface area contributed by atoms with Gasteiger partial charge in [0.1, 0.15) is 17.3 Å². The maximum absolute atomic E-state index is 12.8. The van der Waals surface area contributed by atoms with Gasteiger partial charge in [0.2, 0.25) is 0 Å². The maximum atomic E-state index is 12.8. The number of carbonyl (C=O) groups is 1. The van der Waals surface area contributed by atoms with Crippen molar-refractivity contribution in [3.63, 3.8) is 0 Å². The number of benzene rings is 2. The summed E-state index contributed by atoms with van der Waals surface area (Å²) in [4.78, 5) is 29.0. The quantitative estimate of drug-likeness (QED) is 0.312. The topological polar surface area (TPSA) is 86.7 Å². The molecule has 31 heavy (non-hydrogen) atoms. The Morgan fingerprint density at radius 2 is 1.97 bits per heavy atom. The van der Waals surface area contributed by atoms with E-state index < -0.39 is 5.97 Å². The van der Waals surface area contributed by atoms with Crippen LogP contribution in [-0.2, 0) is 4.74 Å². The molecule has 4 rings (SSSR count). The lowest BCUT2D eigenvalue weighted by Crippen LogP contribution is -2.20. The van der Waals surface area contributed by atoms with Crippen LogP contribution in [0.3, 0.4) is 0 Å². The van der Waals surface area contributed by atoms with Gasteiger partial charge in [-0.1, -0.05) is 22.0 Å². The molecule has 0 atom stereocenters. The molecule has 0 saturated carbocycles. The van der Waals surface area contributed by atoms with Gasteiger partial charge < -0.3 is 9.15 Å². The lowest BCUT2D eigenvalue weighted by atomic mass is 10.0. The molecule has 0 aliphatic rings. The Kier molecular flexibility index (Phi) is 5.56. The van der Waals surface area contributed by atoms with Crippen molar-refractivity contribution >= 4 is 39.0 Å². The lowest BCUT2D eigenvalue weighted by Gasteiger charge is -2.06. The molecule has 156 valence electrons. The second kappa shape index (κ2) is 8.31. The number of ether oxygens (including phenoxy) is 1. The zero-order valence-electron chi connectivity index (χ0n) is 17.0. The van der Waals surface area contributed by atoms with Crippen molar-refractivity contribution in [2.45, 2.75) is 13.8 Å². The first-order valence-corrected chi connectivity index (χ1v) is 10.2. The summed E-state index contributed by atoms with van der Waals surface area (Å²) in [5.41, 5.74) is 2.54. The van der Waals surface area contributed by atoms with Crippen LogP contribution in [0.25, 0.3) is 22.2 Å². The predicted octanol–water partition coefficient (Wildman–Crippen LogP) is 4.70. The highest BCUT2D eigenvalue weighted by molar-refractivity contribution is 9.10. The SMILES string of the molecule is COC(=O)c1ccc(-c2ccc(C=Nn3c(C)nc4ccc(Br)cc4c3=O)o2)c(C)c1. The van der Waals surface area contributed by atoms with Crippen LogP contribution in [0.1, 0.15) is 27.5 Å². The van der Waals surface area contributed by atoms with Gasteiger partial charge in [0.25, 0.3) is 5.56 Å². The lowest BCUT2D eigenvalue weighted by molar-refractivity contribution is 0.0600.